The largest absolute Gasteiger partial charge is 0.474 e. The number of pyridine rings is 1. The van der Waals surface area contributed by atoms with E-state index in [0.717, 1.165) is 36.9 Å². The number of nitrogens with one attached hydrogen (secondary N) is 1. The molecule has 3 rings (SSSR count). The third kappa shape index (κ3) is 4.72. The maximum atomic E-state index is 12.3. The molecule has 1 aliphatic carbocycles. The highest BCUT2D eigenvalue weighted by Gasteiger charge is 2.24. The van der Waals surface area contributed by atoms with Gasteiger partial charge in [0.25, 0.3) is 0 Å². The predicted octanol–water partition coefficient (Wildman–Crippen LogP) is 3.39. The van der Waals surface area contributed by atoms with Crippen molar-refractivity contribution in [3.63, 3.8) is 0 Å². The van der Waals surface area contributed by atoms with E-state index >= 15 is 0 Å². The van der Waals surface area contributed by atoms with Crippen LogP contribution in [-0.4, -0.2) is 28.2 Å². The average molecular weight is 364 g/mol. The van der Waals surface area contributed by atoms with Gasteiger partial charge >= 0.3 is 0 Å². The minimum atomic E-state index is 0.0122. The van der Waals surface area contributed by atoms with E-state index < -0.39 is 0 Å². The smallest absolute Gasteiger partial charge is 0.224 e. The van der Waals surface area contributed by atoms with Crippen molar-refractivity contribution in [3.05, 3.63) is 40.4 Å². The standard InChI is InChI=1S/C18H22ClN3O3/c1-11-16(12(2)25-22-11)9-17(23)21-14-4-6-15(7-5-14)24-18-8-3-13(19)10-20-18/h3,8,10,14-15H,4-7,9H2,1-2H3,(H,21,23). The van der Waals surface area contributed by atoms with Crippen molar-refractivity contribution in [1.82, 2.24) is 15.5 Å². The van der Waals surface area contributed by atoms with Crippen molar-refractivity contribution in [2.24, 2.45) is 0 Å². The fourth-order valence-electron chi connectivity index (χ4n) is 3.12. The number of nitrogens with zero attached hydrogens (tertiary/aromatic N) is 2. The molecule has 1 N–H and O–H groups in total. The highest BCUT2D eigenvalue weighted by atomic mass is 35.5. The lowest BCUT2D eigenvalue weighted by molar-refractivity contribution is -0.121. The topological polar surface area (TPSA) is 77.2 Å². The van der Waals surface area contributed by atoms with Crippen LogP contribution in [0.25, 0.3) is 0 Å². The Morgan fingerprint density at radius 2 is 2.08 bits per heavy atom. The number of carbonyl (C=O) groups excluding carboxylic acids is 1. The Balaban J connectivity index is 1.44. The summed E-state index contributed by atoms with van der Waals surface area (Å²) in [7, 11) is 0. The van der Waals surface area contributed by atoms with Crippen LogP contribution in [-0.2, 0) is 11.2 Å². The van der Waals surface area contributed by atoms with E-state index in [0.29, 0.717) is 23.1 Å². The number of ether oxygens (including phenoxy) is 1. The third-order valence-corrected chi connectivity index (χ3v) is 4.77. The van der Waals surface area contributed by atoms with Crippen molar-refractivity contribution in [2.45, 2.75) is 58.1 Å². The molecule has 0 radical (unpaired) electrons. The summed E-state index contributed by atoms with van der Waals surface area (Å²) in [6, 6.07) is 3.73. The molecule has 0 aliphatic heterocycles. The quantitative estimate of drug-likeness (QED) is 0.881. The Bertz CT molecular complexity index is 702. The Hall–Kier alpha value is -2.08. The highest BCUT2D eigenvalue weighted by molar-refractivity contribution is 6.30. The zero-order chi connectivity index (χ0) is 17.8. The monoisotopic (exact) mass is 363 g/mol. The molecule has 1 saturated carbocycles. The van der Waals surface area contributed by atoms with Gasteiger partial charge in [-0.15, -0.1) is 0 Å². The molecule has 0 bridgehead atoms. The van der Waals surface area contributed by atoms with Crippen molar-refractivity contribution in [2.75, 3.05) is 0 Å². The van der Waals surface area contributed by atoms with Gasteiger partial charge in [0.15, 0.2) is 0 Å². The second-order valence-electron chi connectivity index (χ2n) is 6.45. The number of aromatic nitrogens is 2. The second kappa shape index (κ2) is 7.87. The maximum absolute atomic E-state index is 12.3. The molecule has 2 aromatic rings. The molecule has 134 valence electrons. The second-order valence-corrected chi connectivity index (χ2v) is 6.89. The summed E-state index contributed by atoms with van der Waals surface area (Å²) in [6.45, 7) is 3.68. The van der Waals surface area contributed by atoms with E-state index in [4.69, 9.17) is 20.9 Å². The molecule has 0 aromatic carbocycles. The SMILES string of the molecule is Cc1noc(C)c1CC(=O)NC1CCC(Oc2ccc(Cl)cn2)CC1. The number of amides is 1. The molecule has 6 nitrogen and oxygen atoms in total. The highest BCUT2D eigenvalue weighted by Crippen LogP contribution is 2.24. The summed E-state index contributed by atoms with van der Waals surface area (Å²) in [6.07, 6.45) is 5.59. The fourth-order valence-corrected chi connectivity index (χ4v) is 3.23. The van der Waals surface area contributed by atoms with Gasteiger partial charge in [0.1, 0.15) is 11.9 Å². The van der Waals surface area contributed by atoms with Gasteiger partial charge in [0.05, 0.1) is 17.1 Å². The Kier molecular flexibility index (Phi) is 5.58. The fraction of sp³-hybridized carbons (Fsp3) is 0.500. The summed E-state index contributed by atoms with van der Waals surface area (Å²) in [5.41, 5.74) is 1.66. The van der Waals surface area contributed by atoms with Gasteiger partial charge in [-0.05, 0) is 45.6 Å². The lowest BCUT2D eigenvalue weighted by atomic mass is 9.92. The van der Waals surface area contributed by atoms with Crippen molar-refractivity contribution < 1.29 is 14.1 Å². The summed E-state index contributed by atoms with van der Waals surface area (Å²) < 4.78 is 11.0. The van der Waals surface area contributed by atoms with Crippen molar-refractivity contribution in [3.8, 4) is 5.88 Å². The van der Waals surface area contributed by atoms with Gasteiger partial charge in [-0.3, -0.25) is 4.79 Å². The first-order valence-electron chi connectivity index (χ1n) is 8.50. The van der Waals surface area contributed by atoms with E-state index in [1.807, 2.05) is 13.8 Å². The van der Waals surface area contributed by atoms with Crippen LogP contribution in [0.5, 0.6) is 5.88 Å². The lowest BCUT2D eigenvalue weighted by Gasteiger charge is -2.29. The molecular weight excluding hydrogens is 342 g/mol. The van der Waals surface area contributed by atoms with Crippen LogP contribution >= 0.6 is 11.6 Å². The number of hydrogen-bond acceptors (Lipinski definition) is 5. The van der Waals surface area contributed by atoms with Crippen molar-refractivity contribution >= 4 is 17.5 Å². The number of carbonyl (C=O) groups is 1. The molecule has 1 amide bonds. The van der Waals surface area contributed by atoms with Gasteiger partial charge in [-0.25, -0.2) is 4.98 Å². The number of hydrogen-bond donors (Lipinski definition) is 1. The summed E-state index contributed by atoms with van der Waals surface area (Å²) in [5, 5.41) is 7.59. The Morgan fingerprint density at radius 3 is 2.68 bits per heavy atom. The summed E-state index contributed by atoms with van der Waals surface area (Å²) >= 11 is 5.82. The van der Waals surface area contributed by atoms with Crippen molar-refractivity contribution in [1.29, 1.82) is 0 Å². The Morgan fingerprint density at radius 1 is 1.32 bits per heavy atom. The summed E-state index contributed by atoms with van der Waals surface area (Å²) in [4.78, 5) is 16.4. The third-order valence-electron chi connectivity index (χ3n) is 4.55. The first-order valence-corrected chi connectivity index (χ1v) is 8.88. The van der Waals surface area contributed by atoms with Gasteiger partial charge in [0.2, 0.25) is 11.8 Å². The van der Waals surface area contributed by atoms with Crippen LogP contribution in [0.15, 0.2) is 22.9 Å². The average Bonchev–Trinajstić information content (AvgIpc) is 2.90. The molecular formula is C18H22ClN3O3. The number of aryl methyl sites for hydroxylation is 2. The minimum absolute atomic E-state index is 0.0122. The molecule has 0 saturated heterocycles. The molecule has 25 heavy (non-hydrogen) atoms. The van der Waals surface area contributed by atoms with Gasteiger partial charge in [-0.2, -0.15) is 0 Å². The zero-order valence-corrected chi connectivity index (χ0v) is 15.2. The molecule has 0 spiro atoms. The first kappa shape index (κ1) is 17.7. The molecule has 2 heterocycles. The van der Waals surface area contributed by atoms with Crippen LogP contribution in [0.4, 0.5) is 0 Å². The van der Waals surface area contributed by atoms with Gasteiger partial charge < -0.3 is 14.6 Å². The molecule has 1 aliphatic rings. The van der Waals surface area contributed by atoms with Gasteiger partial charge in [0, 0.05) is 23.9 Å². The van der Waals surface area contributed by atoms with Crippen LogP contribution in [0.1, 0.15) is 42.7 Å². The molecule has 0 unspecified atom stereocenters. The maximum Gasteiger partial charge on any atom is 0.224 e. The molecule has 2 aromatic heterocycles. The van der Waals surface area contributed by atoms with Gasteiger partial charge in [-0.1, -0.05) is 16.8 Å². The zero-order valence-electron chi connectivity index (χ0n) is 14.4. The van der Waals surface area contributed by atoms with E-state index in [-0.39, 0.29) is 18.1 Å². The van der Waals surface area contributed by atoms with Crippen LogP contribution in [0.3, 0.4) is 0 Å². The van der Waals surface area contributed by atoms with Crippen LogP contribution in [0.2, 0.25) is 5.02 Å². The normalized spacial score (nSPS) is 20.3. The minimum Gasteiger partial charge on any atom is -0.474 e. The van der Waals surface area contributed by atoms with E-state index in [1.54, 1.807) is 18.3 Å². The van der Waals surface area contributed by atoms with E-state index in [9.17, 15) is 4.79 Å². The van der Waals surface area contributed by atoms with E-state index in [1.165, 1.54) is 0 Å². The molecule has 7 heteroatoms. The van der Waals surface area contributed by atoms with Crippen LogP contribution in [0, 0.1) is 13.8 Å². The Labute approximate surface area is 151 Å². The van der Waals surface area contributed by atoms with Crippen LogP contribution < -0.4 is 10.1 Å². The lowest BCUT2D eigenvalue weighted by Crippen LogP contribution is -2.40. The summed E-state index contributed by atoms with van der Waals surface area (Å²) in [5.74, 6) is 1.31. The number of rotatable bonds is 5. The number of halogens is 1. The van der Waals surface area contributed by atoms with E-state index in [2.05, 4.69) is 15.5 Å². The predicted molar refractivity (Wildman–Crippen MR) is 93.7 cm³/mol. The molecule has 0 atom stereocenters. The molecule has 1 fully saturated rings. The first-order chi connectivity index (χ1) is 12.0.